The van der Waals surface area contributed by atoms with Gasteiger partial charge in [-0.25, -0.2) is 0 Å². The van der Waals surface area contributed by atoms with Crippen LogP contribution in [0.3, 0.4) is 0 Å². The molecule has 29 nitrogen and oxygen atoms in total. The summed E-state index contributed by atoms with van der Waals surface area (Å²) in [5.41, 5.74) is 6.52. The van der Waals surface area contributed by atoms with Crippen LogP contribution >= 0.6 is 11.8 Å². The minimum atomic E-state index is -2.45. The molecule has 3 aliphatic rings. The molecular weight excluding hydrogens is 1140 g/mol. The number of aliphatic hydroxyl groups excluding tert-OH is 3. The fourth-order valence-corrected chi connectivity index (χ4v) is 11.9. The highest BCUT2D eigenvalue weighted by atomic mass is 32.2. The van der Waals surface area contributed by atoms with Crippen LogP contribution in [0.25, 0.3) is 10.9 Å². The SMILES string of the molecule is CCO/C(C)=N\OCCCCCC(=O)NCCSCc1c(OC)ccc2c3c([nH]c12)S(=O)C[C@@H]1NC(=O)CNC(=O)[C@H]([C@@H](C)CC)NC(=O)CNC(=O)[C@H](C3)NC(=O)[C@H]([C@@H](C)[C@@H](O)CO)NC(=O)[C@@H]2C[C@@H](O)CN2C(=O)[C@H](CC(N)=O)NC1=O. The van der Waals surface area contributed by atoms with Crippen molar-refractivity contribution in [2.45, 2.75) is 145 Å². The summed E-state index contributed by atoms with van der Waals surface area (Å²) in [4.78, 5) is 149. The molecule has 2 aromatic rings. The topological polar surface area (TPSA) is 430 Å². The molecule has 11 atom stereocenters. The number of carbonyl (C=O) groups is 10. The van der Waals surface area contributed by atoms with Gasteiger partial charge in [-0.15, -0.1) is 0 Å². The number of nitrogens with two attached hydrogens (primary N) is 1. The first-order valence-electron chi connectivity index (χ1n) is 27.9. The van der Waals surface area contributed by atoms with E-state index in [-0.39, 0.29) is 35.2 Å². The van der Waals surface area contributed by atoms with Crippen molar-refractivity contribution in [3.63, 3.8) is 0 Å². The van der Waals surface area contributed by atoms with Crippen molar-refractivity contribution in [2.75, 3.05) is 64.6 Å². The van der Waals surface area contributed by atoms with E-state index in [9.17, 15) is 63.3 Å². The second kappa shape index (κ2) is 32.8. The summed E-state index contributed by atoms with van der Waals surface area (Å²) in [6.07, 6.45) is -2.23. The molecule has 1 unspecified atom stereocenters. The third-order valence-electron chi connectivity index (χ3n) is 14.5. The van der Waals surface area contributed by atoms with Crippen molar-refractivity contribution in [3.8, 4) is 5.75 Å². The van der Waals surface area contributed by atoms with Crippen molar-refractivity contribution < 1.29 is 81.8 Å². The Bertz CT molecular complexity index is 2770. The number of hydrogen-bond acceptors (Lipinski definition) is 19. The molecule has 4 heterocycles. The standard InChI is InChI=1S/C53H80N12O17S2/c1-7-27(3)44-50(76)57-21-42(71)58-36-26-84(79)52-32(31-13-14-39(80-6)33(46(31)63-52)25-83-17-15-55-41(70)12-10-9-11-16-82-64-29(5)81-8-2)19-34(47(73)56-22-43(72)61-44)59-51(77)45(28(4)38(68)24-66)62-49(75)37-18-30(67)23-65(37)53(78)35(20-40(54)69)60-48(36)74/h13-14,27-28,30,34-38,44-45,63,66-68H,7-12,15-26H2,1-6H3,(H2,54,69)(H,55,70)(H,56,73)(H,57,76)(H,58,71)(H,59,77)(H,60,74)(H,61,72)(H,62,75)/b64-29-/t27-,28-,30+,34-,35-,36-,37-,38-,44-,45-,84?/m0/s1. The Morgan fingerprint density at radius 3 is 2.30 bits per heavy atom. The van der Waals surface area contributed by atoms with E-state index in [1.807, 2.05) is 6.92 Å². The molecule has 1 fully saturated rings. The lowest BCUT2D eigenvalue weighted by Gasteiger charge is -2.32. The zero-order valence-corrected chi connectivity index (χ0v) is 49.6. The molecule has 1 aromatic carbocycles. The summed E-state index contributed by atoms with van der Waals surface area (Å²) in [5.74, 6) is -10.7. The quantitative estimate of drug-likeness (QED) is 0.0252. The molecule has 1 aromatic heterocycles. The predicted octanol–water partition coefficient (Wildman–Crippen LogP) is -3.32. The lowest BCUT2D eigenvalue weighted by atomic mass is 9.93. The Kier molecular flexibility index (Phi) is 26.5. The molecule has 466 valence electrons. The van der Waals surface area contributed by atoms with Gasteiger partial charge in [0.2, 0.25) is 65.0 Å². The first-order valence-corrected chi connectivity index (χ1v) is 30.3. The Balaban J connectivity index is 1.62. The van der Waals surface area contributed by atoms with Crippen LogP contribution in [0, 0.1) is 11.8 Å². The van der Waals surface area contributed by atoms with Crippen LogP contribution in [-0.4, -0.2) is 207 Å². The van der Waals surface area contributed by atoms with Gasteiger partial charge in [-0.2, -0.15) is 11.8 Å². The van der Waals surface area contributed by atoms with Gasteiger partial charge in [-0.3, -0.25) is 52.2 Å². The predicted molar refractivity (Wildman–Crippen MR) is 305 cm³/mol. The minimum absolute atomic E-state index is 0.104. The van der Waals surface area contributed by atoms with E-state index in [0.717, 1.165) is 11.3 Å². The van der Waals surface area contributed by atoms with Gasteiger partial charge in [-0.05, 0) is 49.8 Å². The maximum Gasteiger partial charge on any atom is 0.246 e. The minimum Gasteiger partial charge on any atom is -0.496 e. The molecule has 31 heteroatoms. The molecule has 10 amide bonds. The van der Waals surface area contributed by atoms with Crippen molar-refractivity contribution in [2.24, 2.45) is 22.7 Å². The van der Waals surface area contributed by atoms with Gasteiger partial charge in [0.15, 0.2) is 0 Å². The molecular formula is C53H80N12O17S2. The number of H-pyrrole nitrogens is 1. The second-order valence-electron chi connectivity index (χ2n) is 20.7. The number of unbranched alkanes of at least 4 members (excludes halogenated alkanes) is 2. The molecule has 14 N–H and O–H groups in total. The largest absolute Gasteiger partial charge is 0.496 e. The van der Waals surface area contributed by atoms with E-state index in [4.69, 9.17) is 20.0 Å². The summed E-state index contributed by atoms with van der Waals surface area (Å²) < 4.78 is 26.3. The number of carbonyl (C=O) groups excluding carboxylic acids is 10. The molecule has 2 bridgehead atoms. The number of ether oxygens (including phenoxy) is 2. The second-order valence-corrected chi connectivity index (χ2v) is 23.2. The average molecular weight is 1220 g/mol. The molecule has 0 radical (unpaired) electrons. The number of amides is 10. The number of oxime groups is 1. The van der Waals surface area contributed by atoms with Gasteiger partial charge in [0.1, 0.15) is 53.6 Å². The third-order valence-corrected chi connectivity index (χ3v) is 16.9. The first-order chi connectivity index (χ1) is 40.0. The summed E-state index contributed by atoms with van der Waals surface area (Å²) in [5, 5.41) is 56.3. The number of aromatic amines is 1. The van der Waals surface area contributed by atoms with Crippen LogP contribution in [0.15, 0.2) is 22.3 Å². The maximum absolute atomic E-state index is 15.3. The normalized spacial score (nSPS) is 24.6. The number of methoxy groups -OCH3 is 1. The fraction of sp³-hybridized carbons (Fsp3) is 0.642. The summed E-state index contributed by atoms with van der Waals surface area (Å²) in [6.45, 7) is 6.36. The first kappa shape index (κ1) is 67.7. The molecule has 3 aliphatic heterocycles. The van der Waals surface area contributed by atoms with Crippen LogP contribution in [0.1, 0.15) is 90.7 Å². The van der Waals surface area contributed by atoms with Gasteiger partial charge < -0.3 is 87.8 Å². The van der Waals surface area contributed by atoms with Gasteiger partial charge in [0, 0.05) is 67.6 Å². The van der Waals surface area contributed by atoms with E-state index in [1.54, 1.807) is 32.9 Å². The summed E-state index contributed by atoms with van der Waals surface area (Å²) >= 11 is 1.40. The Morgan fingerprint density at radius 2 is 1.62 bits per heavy atom. The van der Waals surface area contributed by atoms with Crippen molar-refractivity contribution in [3.05, 3.63) is 23.3 Å². The van der Waals surface area contributed by atoms with Crippen molar-refractivity contribution >= 4 is 98.4 Å². The number of nitrogens with zero attached hydrogens (tertiary/aromatic N) is 2. The van der Waals surface area contributed by atoms with Crippen LogP contribution < -0.4 is 53.0 Å². The number of thioether (sulfide) groups is 1. The van der Waals surface area contributed by atoms with E-state index in [2.05, 4.69) is 52.7 Å². The highest BCUT2D eigenvalue weighted by Gasteiger charge is 2.45. The van der Waals surface area contributed by atoms with E-state index < -0.39 is 176 Å². The van der Waals surface area contributed by atoms with Gasteiger partial charge in [0.25, 0.3) is 0 Å². The molecule has 0 saturated carbocycles. The zero-order valence-electron chi connectivity index (χ0n) is 48.0. The molecule has 1 saturated heterocycles. The Hall–Kier alpha value is -7.09. The van der Waals surface area contributed by atoms with Gasteiger partial charge in [0.05, 0.1) is 74.1 Å². The zero-order chi connectivity index (χ0) is 61.8. The number of primary amides is 1. The fourth-order valence-electron chi connectivity index (χ4n) is 9.68. The number of aromatic nitrogens is 1. The number of fused-ring (bicyclic) bond motifs is 5. The Morgan fingerprint density at radius 1 is 0.905 bits per heavy atom. The highest BCUT2D eigenvalue weighted by Crippen LogP contribution is 2.36. The molecule has 84 heavy (non-hydrogen) atoms. The number of benzene rings is 1. The summed E-state index contributed by atoms with van der Waals surface area (Å²) in [6, 6.07) is -6.95. The van der Waals surface area contributed by atoms with Gasteiger partial charge in [-0.1, -0.05) is 32.3 Å². The molecule has 5 rings (SSSR count). The lowest BCUT2D eigenvalue weighted by Crippen LogP contribution is -2.62. The van der Waals surface area contributed by atoms with E-state index in [1.165, 1.54) is 25.8 Å². The number of nitrogens with one attached hydrogen (secondary N) is 9. The third kappa shape index (κ3) is 19.0. The van der Waals surface area contributed by atoms with Crippen molar-refractivity contribution in [1.82, 2.24) is 52.4 Å². The monoisotopic (exact) mass is 1220 g/mol. The van der Waals surface area contributed by atoms with Crippen molar-refractivity contribution in [1.29, 1.82) is 0 Å². The summed E-state index contributed by atoms with van der Waals surface area (Å²) in [7, 11) is -1.02. The lowest BCUT2D eigenvalue weighted by molar-refractivity contribution is -0.144. The number of rotatable bonds is 21. The van der Waals surface area contributed by atoms with Gasteiger partial charge >= 0.3 is 0 Å². The van der Waals surface area contributed by atoms with Crippen LogP contribution in [0.5, 0.6) is 5.75 Å². The highest BCUT2D eigenvalue weighted by molar-refractivity contribution is 7.98. The Labute approximate surface area is 492 Å². The number of aliphatic hydroxyl groups is 3. The average Bonchev–Trinajstić information content (AvgIpc) is 3.83. The molecule has 0 spiro atoms. The van der Waals surface area contributed by atoms with E-state index >= 15 is 4.21 Å². The molecule has 0 aliphatic carbocycles. The van der Waals surface area contributed by atoms with E-state index in [0.29, 0.717) is 66.3 Å². The van der Waals surface area contributed by atoms with Crippen LogP contribution in [-0.2, 0) is 80.5 Å². The maximum atomic E-state index is 15.3. The number of hydrogen-bond donors (Lipinski definition) is 13. The van der Waals surface area contributed by atoms with Crippen LogP contribution in [0.2, 0.25) is 0 Å². The van der Waals surface area contributed by atoms with Crippen LogP contribution in [0.4, 0.5) is 0 Å². The smallest absolute Gasteiger partial charge is 0.246 e.